The minimum atomic E-state index is -2.84. The molecule has 274 valence electrons. The number of phenols is 1. The number of ether oxygens (including phenoxy) is 2. The van der Waals surface area contributed by atoms with E-state index >= 15 is 0 Å². The van der Waals surface area contributed by atoms with Crippen LogP contribution < -0.4 is 10.6 Å². The summed E-state index contributed by atoms with van der Waals surface area (Å²) in [5.41, 5.74) is 3.04. The summed E-state index contributed by atoms with van der Waals surface area (Å²) < 4.78 is 10.2. The number of Topliss-reactive ketones (excluding diaryl/α,β-unsaturated/α-hetero) is 4. The number of nitrogens with zero attached hydrogens (tertiary/aromatic N) is 3. The van der Waals surface area contributed by atoms with Gasteiger partial charge in [-0.2, -0.15) is 0 Å². The predicted octanol–water partition coefficient (Wildman–Crippen LogP) is 1.22. The summed E-state index contributed by atoms with van der Waals surface area (Å²) in [7, 11) is 6.51. The standard InChI is InChI=1S/C35H48N4O11/c1-9-10-22(40)49-16-50-33(47)39(15-34(2,3)4)14-18-13-21(37(5)6)19-11-17-12-20-26(38(7)8)29(43)25(32(36)46)31(45)35(20,48)30(44)23(17)28(42)24(19)27(18)41/h13,17,20,23,25-26,41,48H,9-12,14-16H2,1-8H3,(H2,36,46)/t17-,20-,23?,25?,26-,35-/m0/s1. The normalized spacial score (nSPS) is 26.2. The first-order chi connectivity index (χ1) is 23.2. The summed E-state index contributed by atoms with van der Waals surface area (Å²) in [6.07, 6.45) is -0.109. The Morgan fingerprint density at radius 1 is 1.04 bits per heavy atom. The zero-order chi connectivity index (χ0) is 37.6. The molecule has 0 bridgehead atoms. The molecule has 0 aromatic heterocycles. The quantitative estimate of drug-likeness (QED) is 0.178. The maximum atomic E-state index is 14.4. The summed E-state index contributed by atoms with van der Waals surface area (Å²) in [6.45, 7) is 6.75. The van der Waals surface area contributed by atoms with Crippen molar-refractivity contribution in [2.45, 2.75) is 71.6 Å². The molecule has 4 N–H and O–H groups in total. The minimum absolute atomic E-state index is 0.0761. The van der Waals surface area contributed by atoms with Crippen LogP contribution in [0.5, 0.6) is 5.75 Å². The molecule has 0 heterocycles. The largest absolute Gasteiger partial charge is 0.507 e. The van der Waals surface area contributed by atoms with E-state index in [4.69, 9.17) is 15.2 Å². The van der Waals surface area contributed by atoms with E-state index in [0.717, 1.165) is 0 Å². The van der Waals surface area contributed by atoms with E-state index in [9.17, 15) is 43.8 Å². The van der Waals surface area contributed by atoms with Gasteiger partial charge in [0, 0.05) is 44.2 Å². The van der Waals surface area contributed by atoms with Crippen molar-refractivity contribution in [3.8, 4) is 5.75 Å². The lowest BCUT2D eigenvalue weighted by atomic mass is 9.52. The van der Waals surface area contributed by atoms with E-state index in [1.165, 1.54) is 23.9 Å². The second-order valence-electron chi connectivity index (χ2n) is 15.2. The molecule has 0 saturated heterocycles. The molecule has 15 nitrogen and oxygen atoms in total. The van der Waals surface area contributed by atoms with Crippen LogP contribution in [0, 0.1) is 29.1 Å². The van der Waals surface area contributed by atoms with E-state index < -0.39 is 94.4 Å². The van der Waals surface area contributed by atoms with Gasteiger partial charge in [0.05, 0.1) is 24.1 Å². The summed E-state index contributed by atoms with van der Waals surface area (Å²) in [5.74, 6) is -12.1. The van der Waals surface area contributed by atoms with Crippen molar-refractivity contribution in [3.05, 3.63) is 22.8 Å². The highest BCUT2D eigenvalue weighted by Crippen LogP contribution is 2.52. The van der Waals surface area contributed by atoms with Gasteiger partial charge >= 0.3 is 12.1 Å². The van der Waals surface area contributed by atoms with Gasteiger partial charge in [0.1, 0.15) is 5.75 Å². The van der Waals surface area contributed by atoms with Crippen molar-refractivity contribution < 1.29 is 53.2 Å². The Balaban J connectivity index is 1.77. The lowest BCUT2D eigenvalue weighted by molar-refractivity contribution is -0.181. The number of primary amides is 1. The number of fused-ring (bicyclic) bond motifs is 3. The molecule has 1 aromatic rings. The average molecular weight is 701 g/mol. The van der Waals surface area contributed by atoms with Crippen LogP contribution in [-0.2, 0) is 46.4 Å². The summed E-state index contributed by atoms with van der Waals surface area (Å²) in [4.78, 5) is 97.3. The average Bonchev–Trinajstić information content (AvgIpc) is 2.98. The molecule has 2 unspecified atom stereocenters. The summed E-state index contributed by atoms with van der Waals surface area (Å²) in [5, 5.41) is 23.6. The third-order valence-corrected chi connectivity index (χ3v) is 9.74. The van der Waals surface area contributed by atoms with Gasteiger partial charge in [-0.15, -0.1) is 0 Å². The van der Waals surface area contributed by atoms with Gasteiger partial charge < -0.3 is 35.2 Å². The predicted molar refractivity (Wildman–Crippen MR) is 178 cm³/mol. The van der Waals surface area contributed by atoms with Crippen molar-refractivity contribution >= 4 is 46.8 Å². The highest BCUT2D eigenvalue weighted by molar-refractivity contribution is 6.32. The number of hydrogen-bond donors (Lipinski definition) is 3. The minimum Gasteiger partial charge on any atom is -0.507 e. The lowest BCUT2D eigenvalue weighted by Gasteiger charge is -2.52. The molecule has 15 heteroatoms. The van der Waals surface area contributed by atoms with Gasteiger partial charge in [-0.1, -0.05) is 27.7 Å². The second-order valence-corrected chi connectivity index (χ2v) is 15.2. The van der Waals surface area contributed by atoms with Crippen LogP contribution in [0.4, 0.5) is 10.5 Å². The number of carbonyl (C=O) groups is 7. The Labute approximate surface area is 291 Å². The number of phenolic OH excluding ortho intramolecular Hbond substituents is 1. The first kappa shape index (κ1) is 38.4. The molecule has 0 spiro atoms. The summed E-state index contributed by atoms with van der Waals surface area (Å²) >= 11 is 0. The molecular formula is C35H48N4O11. The number of nitrogens with two attached hydrogens (primary N) is 1. The van der Waals surface area contributed by atoms with Crippen molar-refractivity contribution in [2.24, 2.45) is 34.8 Å². The van der Waals surface area contributed by atoms with Gasteiger partial charge in [-0.25, -0.2) is 4.79 Å². The lowest BCUT2D eigenvalue weighted by Crippen LogP contribution is -2.74. The van der Waals surface area contributed by atoms with Gasteiger partial charge in [0.15, 0.2) is 34.7 Å². The SMILES string of the molecule is CCCC(=O)OCOC(=O)N(Cc1cc(N(C)C)c2c(c1O)C(=O)C1C(=O)[C@]3(O)C(=O)C(C(N)=O)C(=O)[C@@H](N(C)C)[C@@H]3C[C@@H]1C2)CC(C)(C)C. The fraction of sp³-hybridized carbons (Fsp3) is 0.629. The van der Waals surface area contributed by atoms with Crippen LogP contribution >= 0.6 is 0 Å². The number of carbonyl (C=O) groups excluding carboxylic acids is 7. The maximum absolute atomic E-state index is 14.4. The van der Waals surface area contributed by atoms with Crippen LogP contribution in [0.25, 0.3) is 0 Å². The maximum Gasteiger partial charge on any atom is 0.412 e. The topological polar surface area (TPSA) is 214 Å². The van der Waals surface area contributed by atoms with Crippen molar-refractivity contribution in [2.75, 3.05) is 46.4 Å². The van der Waals surface area contributed by atoms with E-state index in [2.05, 4.69) is 0 Å². The highest BCUT2D eigenvalue weighted by atomic mass is 16.7. The molecule has 2 fully saturated rings. The van der Waals surface area contributed by atoms with Crippen LogP contribution in [0.15, 0.2) is 6.07 Å². The van der Waals surface area contributed by atoms with Crippen LogP contribution in [0.2, 0.25) is 0 Å². The van der Waals surface area contributed by atoms with Crippen molar-refractivity contribution in [1.29, 1.82) is 0 Å². The van der Waals surface area contributed by atoms with E-state index in [0.29, 0.717) is 17.7 Å². The number of hydrogen-bond acceptors (Lipinski definition) is 13. The Bertz CT molecular complexity index is 1610. The van der Waals surface area contributed by atoms with Crippen molar-refractivity contribution in [3.63, 3.8) is 0 Å². The first-order valence-electron chi connectivity index (χ1n) is 16.6. The number of benzene rings is 1. The molecule has 0 aliphatic heterocycles. The Hall–Kier alpha value is -4.37. The molecule has 3 aliphatic carbocycles. The second kappa shape index (κ2) is 14.1. The fourth-order valence-corrected chi connectivity index (χ4v) is 7.70. The van der Waals surface area contributed by atoms with Crippen molar-refractivity contribution in [1.82, 2.24) is 9.80 Å². The molecule has 4 rings (SSSR count). The molecule has 2 saturated carbocycles. The number of amides is 2. The molecule has 0 radical (unpaired) electrons. The first-order valence-corrected chi connectivity index (χ1v) is 16.6. The Morgan fingerprint density at radius 3 is 2.22 bits per heavy atom. The zero-order valence-corrected chi connectivity index (χ0v) is 29.9. The highest BCUT2D eigenvalue weighted by Gasteiger charge is 2.69. The third kappa shape index (κ3) is 6.84. The fourth-order valence-electron chi connectivity index (χ4n) is 7.70. The third-order valence-electron chi connectivity index (χ3n) is 9.74. The van der Waals surface area contributed by atoms with Gasteiger partial charge in [0.2, 0.25) is 12.7 Å². The molecule has 6 atom stereocenters. The number of likely N-dealkylation sites (N-methyl/N-ethyl adjacent to an activating group) is 1. The van der Waals surface area contributed by atoms with E-state index in [1.807, 2.05) is 20.8 Å². The summed E-state index contributed by atoms with van der Waals surface area (Å²) in [6, 6.07) is 0.435. The molecule has 1 aromatic carbocycles. The Kier molecular flexibility index (Phi) is 10.8. The Morgan fingerprint density at radius 2 is 1.68 bits per heavy atom. The smallest absolute Gasteiger partial charge is 0.412 e. The van der Waals surface area contributed by atoms with E-state index in [1.54, 1.807) is 32.0 Å². The molecule has 3 aliphatic rings. The number of anilines is 1. The van der Waals surface area contributed by atoms with Crippen LogP contribution in [0.3, 0.4) is 0 Å². The number of rotatable bonds is 10. The van der Waals surface area contributed by atoms with E-state index in [-0.39, 0.29) is 43.5 Å². The monoisotopic (exact) mass is 700 g/mol. The zero-order valence-electron chi connectivity index (χ0n) is 29.9. The van der Waals surface area contributed by atoms with Crippen LogP contribution in [0.1, 0.15) is 68.4 Å². The molecular weight excluding hydrogens is 652 g/mol. The molecule has 50 heavy (non-hydrogen) atoms. The van der Waals surface area contributed by atoms with Crippen LogP contribution in [-0.4, -0.2) is 114 Å². The number of aliphatic hydroxyl groups is 1. The van der Waals surface area contributed by atoms with Gasteiger partial charge in [-0.3, -0.25) is 33.7 Å². The molecule has 2 amide bonds. The van der Waals surface area contributed by atoms with Gasteiger partial charge in [0.25, 0.3) is 0 Å². The number of esters is 1. The van der Waals surface area contributed by atoms with Gasteiger partial charge in [-0.05, 0) is 56.3 Å². The number of ketones is 4. The number of aromatic hydroxyl groups is 1.